The Balaban J connectivity index is 3.12. The van der Waals surface area contributed by atoms with Crippen LogP contribution in [0.1, 0.15) is 19.4 Å². The summed E-state index contributed by atoms with van der Waals surface area (Å²) < 4.78 is 5.27. The van der Waals surface area contributed by atoms with Crippen molar-refractivity contribution in [3.05, 3.63) is 23.8 Å². The molecule has 1 aromatic rings. The largest absolute Gasteiger partial charge is 0.508 e. The molecule has 0 heterocycles. The molecule has 0 aliphatic carbocycles. The van der Waals surface area contributed by atoms with Gasteiger partial charge in [-0.3, -0.25) is 0 Å². The minimum Gasteiger partial charge on any atom is -0.508 e. The van der Waals surface area contributed by atoms with Crippen LogP contribution in [-0.4, -0.2) is 25.8 Å². The lowest BCUT2D eigenvalue weighted by Gasteiger charge is -2.26. The molecule has 0 unspecified atom stereocenters. The van der Waals surface area contributed by atoms with E-state index >= 15 is 0 Å². The summed E-state index contributed by atoms with van der Waals surface area (Å²) in [4.78, 5) is 0. The summed E-state index contributed by atoms with van der Waals surface area (Å²) in [6.07, 6.45) is 0. The van der Waals surface area contributed by atoms with E-state index in [0.29, 0.717) is 0 Å². The molecule has 3 nitrogen and oxygen atoms in total. The summed E-state index contributed by atoms with van der Waals surface area (Å²) in [6, 6.07) is 5.24. The van der Waals surface area contributed by atoms with Crippen LogP contribution in [0.25, 0.3) is 0 Å². The average molecular weight is 209 g/mol. The smallest absolute Gasteiger partial charge is 0.126 e. The molecule has 3 heteroatoms. The van der Waals surface area contributed by atoms with Gasteiger partial charge in [-0.05, 0) is 13.1 Å². The first-order chi connectivity index (χ1) is 7.01. The Labute approximate surface area is 91.1 Å². The molecule has 0 aromatic heterocycles. The molecule has 0 bridgehead atoms. The number of nitrogens with one attached hydrogen (secondary N) is 1. The maximum absolute atomic E-state index is 9.37. The van der Waals surface area contributed by atoms with Gasteiger partial charge in [0.25, 0.3) is 0 Å². The Morgan fingerprint density at radius 3 is 2.60 bits per heavy atom. The van der Waals surface area contributed by atoms with Crippen molar-refractivity contribution in [1.82, 2.24) is 5.32 Å². The predicted octanol–water partition coefficient (Wildman–Crippen LogP) is 1.90. The Hall–Kier alpha value is -1.22. The van der Waals surface area contributed by atoms with Gasteiger partial charge in [-0.25, -0.2) is 0 Å². The first kappa shape index (κ1) is 11.9. The molecule has 0 amide bonds. The predicted molar refractivity (Wildman–Crippen MR) is 61.6 cm³/mol. The van der Waals surface area contributed by atoms with Crippen LogP contribution in [0, 0.1) is 0 Å². The molecule has 0 saturated carbocycles. The fourth-order valence-electron chi connectivity index (χ4n) is 1.78. The van der Waals surface area contributed by atoms with E-state index in [-0.39, 0.29) is 11.2 Å². The fourth-order valence-corrected chi connectivity index (χ4v) is 1.78. The number of ether oxygens (including phenoxy) is 1. The van der Waals surface area contributed by atoms with Gasteiger partial charge in [-0.2, -0.15) is 0 Å². The SMILES string of the molecule is CNCC(C)(C)c1ccc(O)cc1OC. The second kappa shape index (κ2) is 4.53. The van der Waals surface area contributed by atoms with Crippen LogP contribution in [0.3, 0.4) is 0 Å². The number of likely N-dealkylation sites (N-methyl/N-ethyl adjacent to an activating group) is 1. The van der Waals surface area contributed by atoms with E-state index < -0.39 is 0 Å². The van der Waals surface area contributed by atoms with Crippen LogP contribution in [-0.2, 0) is 5.41 Å². The number of benzene rings is 1. The van der Waals surface area contributed by atoms with Crippen molar-refractivity contribution in [3.8, 4) is 11.5 Å². The number of hydrogen-bond donors (Lipinski definition) is 2. The van der Waals surface area contributed by atoms with Gasteiger partial charge in [0.1, 0.15) is 11.5 Å². The van der Waals surface area contributed by atoms with Crippen molar-refractivity contribution in [3.63, 3.8) is 0 Å². The zero-order valence-corrected chi connectivity index (χ0v) is 9.79. The molecule has 84 valence electrons. The Morgan fingerprint density at radius 2 is 2.07 bits per heavy atom. The molecule has 0 aliphatic heterocycles. The van der Waals surface area contributed by atoms with Crippen LogP contribution in [0.4, 0.5) is 0 Å². The monoisotopic (exact) mass is 209 g/mol. The highest BCUT2D eigenvalue weighted by Crippen LogP contribution is 2.33. The van der Waals surface area contributed by atoms with Crippen molar-refractivity contribution in [2.45, 2.75) is 19.3 Å². The summed E-state index contributed by atoms with van der Waals surface area (Å²) in [5.41, 5.74) is 1.07. The minimum absolute atomic E-state index is 0.0200. The highest BCUT2D eigenvalue weighted by atomic mass is 16.5. The van der Waals surface area contributed by atoms with Gasteiger partial charge in [0, 0.05) is 23.6 Å². The van der Waals surface area contributed by atoms with Crippen molar-refractivity contribution >= 4 is 0 Å². The van der Waals surface area contributed by atoms with Gasteiger partial charge in [-0.15, -0.1) is 0 Å². The average Bonchev–Trinajstić information content (AvgIpc) is 2.17. The second-order valence-electron chi connectivity index (χ2n) is 4.30. The van der Waals surface area contributed by atoms with Crippen molar-refractivity contribution in [2.24, 2.45) is 0 Å². The van der Waals surface area contributed by atoms with Crippen LogP contribution >= 0.6 is 0 Å². The van der Waals surface area contributed by atoms with E-state index in [1.807, 2.05) is 13.1 Å². The minimum atomic E-state index is -0.0200. The molecule has 0 aliphatic rings. The molecule has 0 fully saturated rings. The second-order valence-corrected chi connectivity index (χ2v) is 4.30. The maximum atomic E-state index is 9.37. The van der Waals surface area contributed by atoms with E-state index in [0.717, 1.165) is 17.9 Å². The van der Waals surface area contributed by atoms with Crippen LogP contribution in [0.5, 0.6) is 11.5 Å². The van der Waals surface area contributed by atoms with Crippen molar-refractivity contribution < 1.29 is 9.84 Å². The molecule has 0 saturated heterocycles. The fraction of sp³-hybridized carbons (Fsp3) is 0.500. The molecule has 0 radical (unpaired) electrons. The van der Waals surface area contributed by atoms with E-state index in [4.69, 9.17) is 4.74 Å². The lowest BCUT2D eigenvalue weighted by molar-refractivity contribution is 0.383. The summed E-state index contributed by atoms with van der Waals surface area (Å²) >= 11 is 0. The van der Waals surface area contributed by atoms with E-state index in [9.17, 15) is 5.11 Å². The third-order valence-electron chi connectivity index (χ3n) is 2.53. The molecule has 0 spiro atoms. The first-order valence-corrected chi connectivity index (χ1v) is 5.03. The molecule has 0 atom stereocenters. The Bertz CT molecular complexity index is 334. The first-order valence-electron chi connectivity index (χ1n) is 5.03. The maximum Gasteiger partial charge on any atom is 0.126 e. The number of aromatic hydroxyl groups is 1. The van der Waals surface area contributed by atoms with Crippen molar-refractivity contribution in [2.75, 3.05) is 20.7 Å². The summed E-state index contributed by atoms with van der Waals surface area (Å²) in [7, 11) is 3.54. The molecule has 2 N–H and O–H groups in total. The number of hydrogen-bond acceptors (Lipinski definition) is 3. The van der Waals surface area contributed by atoms with E-state index in [2.05, 4.69) is 19.2 Å². The topological polar surface area (TPSA) is 41.5 Å². The van der Waals surface area contributed by atoms with Crippen LogP contribution in [0.2, 0.25) is 0 Å². The zero-order valence-electron chi connectivity index (χ0n) is 9.79. The number of methoxy groups -OCH3 is 1. The quantitative estimate of drug-likeness (QED) is 0.795. The molecule has 15 heavy (non-hydrogen) atoms. The summed E-state index contributed by atoms with van der Waals surface area (Å²) in [5, 5.41) is 12.5. The summed E-state index contributed by atoms with van der Waals surface area (Å²) in [6.45, 7) is 5.13. The Kier molecular flexibility index (Phi) is 3.58. The van der Waals surface area contributed by atoms with Gasteiger partial charge < -0.3 is 15.2 Å². The summed E-state index contributed by atoms with van der Waals surface area (Å²) in [5.74, 6) is 0.964. The molecule has 1 rings (SSSR count). The van der Waals surface area contributed by atoms with Crippen LogP contribution in [0.15, 0.2) is 18.2 Å². The van der Waals surface area contributed by atoms with E-state index in [1.165, 1.54) is 0 Å². The normalized spacial score (nSPS) is 11.5. The molecule has 1 aromatic carbocycles. The van der Waals surface area contributed by atoms with Crippen LogP contribution < -0.4 is 10.1 Å². The van der Waals surface area contributed by atoms with Gasteiger partial charge in [0.05, 0.1) is 7.11 Å². The number of phenols is 1. The third kappa shape index (κ3) is 2.63. The van der Waals surface area contributed by atoms with E-state index in [1.54, 1.807) is 19.2 Å². The lowest BCUT2D eigenvalue weighted by atomic mass is 9.84. The van der Waals surface area contributed by atoms with Gasteiger partial charge in [0.15, 0.2) is 0 Å². The van der Waals surface area contributed by atoms with Crippen molar-refractivity contribution in [1.29, 1.82) is 0 Å². The van der Waals surface area contributed by atoms with Gasteiger partial charge in [0.2, 0.25) is 0 Å². The molecular formula is C12H19NO2. The number of rotatable bonds is 4. The standard InChI is InChI=1S/C12H19NO2/c1-12(2,8-13-3)10-6-5-9(14)7-11(10)15-4/h5-7,13-14H,8H2,1-4H3. The lowest BCUT2D eigenvalue weighted by Crippen LogP contribution is -2.31. The highest BCUT2D eigenvalue weighted by molar-refractivity contribution is 5.44. The zero-order chi connectivity index (χ0) is 11.5. The molecular weight excluding hydrogens is 190 g/mol. The highest BCUT2D eigenvalue weighted by Gasteiger charge is 2.23. The Morgan fingerprint density at radius 1 is 1.40 bits per heavy atom. The third-order valence-corrected chi connectivity index (χ3v) is 2.53. The van der Waals surface area contributed by atoms with Gasteiger partial charge >= 0.3 is 0 Å². The van der Waals surface area contributed by atoms with Gasteiger partial charge in [-0.1, -0.05) is 19.9 Å². The number of phenolic OH excluding ortho intramolecular Hbond substituents is 1.